The van der Waals surface area contributed by atoms with E-state index in [1.165, 1.54) is 6.07 Å². The molecule has 7 heteroatoms. The topological polar surface area (TPSA) is 79.0 Å². The third kappa shape index (κ3) is 3.32. The van der Waals surface area contributed by atoms with Gasteiger partial charge < -0.3 is 19.9 Å². The third-order valence-electron chi connectivity index (χ3n) is 5.31. The van der Waals surface area contributed by atoms with E-state index < -0.39 is 5.54 Å². The Morgan fingerprint density at radius 1 is 1.03 bits per heavy atom. The zero-order chi connectivity index (χ0) is 21.3. The molecular weight excluding hydrogens is 385 g/mol. The van der Waals surface area contributed by atoms with Crippen molar-refractivity contribution < 1.29 is 18.6 Å². The maximum Gasteiger partial charge on any atom is 0.283 e. The van der Waals surface area contributed by atoms with Gasteiger partial charge in [0.05, 0.1) is 20.4 Å². The summed E-state index contributed by atoms with van der Waals surface area (Å²) in [5.74, 6) is 0.946. The molecule has 0 bridgehead atoms. The van der Waals surface area contributed by atoms with Crippen molar-refractivity contribution in [1.29, 1.82) is 0 Å². The van der Waals surface area contributed by atoms with E-state index in [-0.39, 0.29) is 18.4 Å². The summed E-state index contributed by atoms with van der Waals surface area (Å²) in [6, 6.07) is 12.5. The summed E-state index contributed by atoms with van der Waals surface area (Å²) in [7, 11) is 3.17. The van der Waals surface area contributed by atoms with Gasteiger partial charge in [0, 0.05) is 17.3 Å². The van der Waals surface area contributed by atoms with Crippen LogP contribution >= 0.6 is 0 Å². The van der Waals surface area contributed by atoms with E-state index in [4.69, 9.17) is 19.9 Å². The van der Waals surface area contributed by atoms with Gasteiger partial charge in [0.15, 0.2) is 5.54 Å². The van der Waals surface area contributed by atoms with Crippen LogP contribution in [0.1, 0.15) is 16.7 Å². The molecule has 1 unspecified atom stereocenters. The van der Waals surface area contributed by atoms with Gasteiger partial charge in [-0.15, -0.1) is 0 Å². The average molecular weight is 407 g/mol. The van der Waals surface area contributed by atoms with E-state index in [1.54, 1.807) is 44.8 Å². The molecule has 6 nitrogen and oxygen atoms in total. The molecular formula is C23H22FN3O3. The number of aromatic nitrogens is 1. The number of methoxy groups -OCH3 is 2. The number of amidine groups is 1. The Labute approximate surface area is 174 Å². The van der Waals surface area contributed by atoms with Crippen molar-refractivity contribution in [3.05, 3.63) is 77.4 Å². The molecule has 30 heavy (non-hydrogen) atoms. The average Bonchev–Trinajstić information content (AvgIpc) is 3.17. The number of halogens is 1. The van der Waals surface area contributed by atoms with Crippen molar-refractivity contribution in [2.24, 2.45) is 10.7 Å². The van der Waals surface area contributed by atoms with Crippen molar-refractivity contribution in [3.63, 3.8) is 0 Å². The molecule has 0 aliphatic carbocycles. The molecule has 3 aromatic rings. The van der Waals surface area contributed by atoms with Crippen LogP contribution < -0.4 is 15.2 Å². The number of benzene rings is 2. The zero-order valence-corrected chi connectivity index (χ0v) is 17.0. The minimum atomic E-state index is -0.893. The van der Waals surface area contributed by atoms with E-state index >= 15 is 0 Å². The van der Waals surface area contributed by atoms with Crippen molar-refractivity contribution in [2.45, 2.75) is 12.5 Å². The molecule has 0 saturated heterocycles. The summed E-state index contributed by atoms with van der Waals surface area (Å²) < 4.78 is 30.9. The molecule has 0 spiro atoms. The van der Waals surface area contributed by atoms with E-state index in [0.717, 1.165) is 22.4 Å². The summed E-state index contributed by atoms with van der Waals surface area (Å²) in [6.07, 6.45) is 3.17. The van der Waals surface area contributed by atoms with Crippen LogP contribution in [0.5, 0.6) is 11.5 Å². The largest absolute Gasteiger partial charge is 0.496 e. The Balaban J connectivity index is 1.88. The monoisotopic (exact) mass is 407 g/mol. The normalized spacial score (nSPS) is 17.9. The van der Waals surface area contributed by atoms with Gasteiger partial charge >= 0.3 is 0 Å². The number of hydrogen-bond acceptors (Lipinski definition) is 6. The van der Waals surface area contributed by atoms with E-state index in [1.807, 2.05) is 25.1 Å². The maximum atomic E-state index is 14.8. The fourth-order valence-corrected chi connectivity index (χ4v) is 3.71. The Kier molecular flexibility index (Phi) is 5.03. The molecule has 1 aliphatic heterocycles. The van der Waals surface area contributed by atoms with Crippen molar-refractivity contribution in [3.8, 4) is 22.6 Å². The molecule has 4 rings (SSSR count). The lowest BCUT2D eigenvalue weighted by molar-refractivity contribution is 0.278. The number of ether oxygens (including phenoxy) is 3. The molecule has 1 aliphatic rings. The van der Waals surface area contributed by atoms with Crippen LogP contribution in [-0.4, -0.2) is 31.8 Å². The van der Waals surface area contributed by atoms with Crippen molar-refractivity contribution in [2.75, 3.05) is 20.8 Å². The van der Waals surface area contributed by atoms with Gasteiger partial charge in [-0.3, -0.25) is 4.98 Å². The van der Waals surface area contributed by atoms with Gasteiger partial charge in [0.1, 0.15) is 23.9 Å². The minimum absolute atomic E-state index is 0.0948. The number of pyridine rings is 1. The second-order valence-electron chi connectivity index (χ2n) is 7.09. The second kappa shape index (κ2) is 7.67. The SMILES string of the molecule is COc1cncc(-c2cc(C3(c4ccc(OC)c(C)c4)COC(N)=N3)ccc2F)c1. The molecule has 0 saturated carbocycles. The molecule has 154 valence electrons. The summed E-state index contributed by atoms with van der Waals surface area (Å²) in [5, 5.41) is 0. The van der Waals surface area contributed by atoms with Crippen LogP contribution in [0, 0.1) is 12.7 Å². The lowest BCUT2D eigenvalue weighted by Crippen LogP contribution is -2.27. The summed E-state index contributed by atoms with van der Waals surface area (Å²) in [6.45, 7) is 2.17. The number of hydrogen-bond donors (Lipinski definition) is 1. The van der Waals surface area contributed by atoms with Crippen LogP contribution in [0.3, 0.4) is 0 Å². The van der Waals surface area contributed by atoms with Gasteiger partial charge in [-0.2, -0.15) is 0 Å². The highest BCUT2D eigenvalue weighted by Gasteiger charge is 2.40. The van der Waals surface area contributed by atoms with Gasteiger partial charge in [0.2, 0.25) is 0 Å². The van der Waals surface area contributed by atoms with Gasteiger partial charge in [-0.1, -0.05) is 12.1 Å². The first kappa shape index (κ1) is 19.7. The molecule has 0 fully saturated rings. The molecule has 1 atom stereocenters. The predicted molar refractivity (Wildman–Crippen MR) is 112 cm³/mol. The van der Waals surface area contributed by atoms with Crippen LogP contribution in [0.4, 0.5) is 4.39 Å². The summed E-state index contributed by atoms with van der Waals surface area (Å²) in [4.78, 5) is 8.76. The van der Waals surface area contributed by atoms with Gasteiger partial charge in [-0.05, 0) is 53.9 Å². The quantitative estimate of drug-likeness (QED) is 0.696. The summed E-state index contributed by atoms with van der Waals surface area (Å²) in [5.41, 5.74) is 8.59. The Morgan fingerprint density at radius 2 is 1.80 bits per heavy atom. The molecule has 2 N–H and O–H groups in total. The Bertz CT molecular complexity index is 1130. The van der Waals surface area contributed by atoms with Crippen LogP contribution in [0.2, 0.25) is 0 Å². The second-order valence-corrected chi connectivity index (χ2v) is 7.09. The maximum absolute atomic E-state index is 14.8. The Morgan fingerprint density at radius 3 is 2.47 bits per heavy atom. The highest BCUT2D eigenvalue weighted by atomic mass is 19.1. The number of nitrogens with two attached hydrogens (primary N) is 1. The molecule has 2 heterocycles. The molecule has 2 aromatic carbocycles. The summed E-state index contributed by atoms with van der Waals surface area (Å²) >= 11 is 0. The fourth-order valence-electron chi connectivity index (χ4n) is 3.71. The van der Waals surface area contributed by atoms with Crippen LogP contribution in [0.25, 0.3) is 11.1 Å². The number of nitrogens with zero attached hydrogens (tertiary/aromatic N) is 2. The molecule has 0 radical (unpaired) electrons. The highest BCUT2D eigenvalue weighted by Crippen LogP contribution is 2.41. The minimum Gasteiger partial charge on any atom is -0.496 e. The third-order valence-corrected chi connectivity index (χ3v) is 5.31. The number of aryl methyl sites for hydroxylation is 1. The molecule has 1 aromatic heterocycles. The number of aliphatic imine (C=N–C) groups is 1. The smallest absolute Gasteiger partial charge is 0.283 e. The number of rotatable bonds is 5. The van der Waals surface area contributed by atoms with Crippen molar-refractivity contribution >= 4 is 6.02 Å². The van der Waals surface area contributed by atoms with Crippen molar-refractivity contribution in [1.82, 2.24) is 4.98 Å². The van der Waals surface area contributed by atoms with Crippen LogP contribution in [0.15, 0.2) is 59.9 Å². The van der Waals surface area contributed by atoms with E-state index in [9.17, 15) is 4.39 Å². The molecule has 0 amide bonds. The van der Waals surface area contributed by atoms with Crippen LogP contribution in [-0.2, 0) is 10.3 Å². The first-order valence-corrected chi connectivity index (χ1v) is 9.39. The van der Waals surface area contributed by atoms with E-state index in [2.05, 4.69) is 9.98 Å². The first-order chi connectivity index (χ1) is 14.5. The predicted octanol–water partition coefficient (Wildman–Crippen LogP) is 3.80. The lowest BCUT2D eigenvalue weighted by atomic mass is 9.82. The lowest BCUT2D eigenvalue weighted by Gasteiger charge is -2.26. The Hall–Kier alpha value is -3.61. The first-order valence-electron chi connectivity index (χ1n) is 9.39. The van der Waals surface area contributed by atoms with Gasteiger partial charge in [0.25, 0.3) is 6.02 Å². The van der Waals surface area contributed by atoms with Gasteiger partial charge in [-0.25, -0.2) is 9.38 Å². The fraction of sp³-hybridized carbons (Fsp3) is 0.217. The zero-order valence-electron chi connectivity index (χ0n) is 17.0. The van der Waals surface area contributed by atoms with E-state index in [0.29, 0.717) is 16.9 Å². The standard InChI is InChI=1S/C23H22FN3O3/c1-14-8-16(5-7-21(14)29-3)23(13-30-22(25)27-23)17-4-6-20(24)19(10-17)15-9-18(28-2)12-26-11-15/h4-12H,13H2,1-3H3,(H2,25,27). The highest BCUT2D eigenvalue weighted by molar-refractivity contribution is 5.76.